The topological polar surface area (TPSA) is 55.1 Å². The second kappa shape index (κ2) is 6.93. The van der Waals surface area contributed by atoms with Crippen molar-refractivity contribution in [3.63, 3.8) is 0 Å². The van der Waals surface area contributed by atoms with Gasteiger partial charge in [0.2, 0.25) is 5.91 Å². The molecule has 0 aliphatic rings. The predicted molar refractivity (Wildman–Crippen MR) is 73.7 cm³/mol. The van der Waals surface area contributed by atoms with E-state index in [2.05, 4.69) is 21.2 Å². The van der Waals surface area contributed by atoms with Crippen molar-refractivity contribution in [1.29, 1.82) is 0 Å². The van der Waals surface area contributed by atoms with Gasteiger partial charge in [0.05, 0.1) is 5.75 Å². The molecule has 3 nitrogen and oxygen atoms in total. The van der Waals surface area contributed by atoms with Gasteiger partial charge in [-0.05, 0) is 25.1 Å². The fraction of sp³-hybridized carbons (Fsp3) is 0.364. The highest BCUT2D eigenvalue weighted by molar-refractivity contribution is 9.10. The lowest BCUT2D eigenvalue weighted by Crippen LogP contribution is -2.20. The number of nitrogens with one attached hydrogen (secondary N) is 1. The molecule has 1 amide bonds. The zero-order chi connectivity index (χ0) is 12.0. The fourth-order valence-corrected chi connectivity index (χ4v) is 2.25. The third-order valence-corrected chi connectivity index (χ3v) is 3.44. The quantitative estimate of drug-likeness (QED) is 0.878. The molecule has 0 aliphatic carbocycles. The van der Waals surface area contributed by atoms with E-state index < -0.39 is 0 Å². The Morgan fingerprint density at radius 2 is 2.38 bits per heavy atom. The average Bonchev–Trinajstić information content (AvgIpc) is 2.16. The maximum absolute atomic E-state index is 11.5. The normalized spacial score (nSPS) is 12.2. The molecule has 1 aromatic carbocycles. The Bertz CT molecular complexity index is 358. The number of carbonyl (C=O) groups is 1. The Balaban J connectivity index is 2.34. The predicted octanol–water partition coefficient (Wildman–Crippen LogP) is 2.47. The Kier molecular flexibility index (Phi) is 5.87. The molecule has 1 atom stereocenters. The van der Waals surface area contributed by atoms with Crippen LogP contribution in [0.1, 0.15) is 6.92 Å². The van der Waals surface area contributed by atoms with Crippen molar-refractivity contribution >= 4 is 39.3 Å². The van der Waals surface area contributed by atoms with Crippen LogP contribution in [-0.4, -0.2) is 23.5 Å². The largest absolute Gasteiger partial charge is 0.327 e. The first-order chi connectivity index (χ1) is 7.58. The molecule has 0 saturated carbocycles. The lowest BCUT2D eigenvalue weighted by atomic mass is 10.3. The Labute approximate surface area is 108 Å². The molecule has 0 aliphatic heterocycles. The number of benzene rings is 1. The van der Waals surface area contributed by atoms with Crippen LogP contribution in [0.25, 0.3) is 0 Å². The van der Waals surface area contributed by atoms with Crippen molar-refractivity contribution in [3.8, 4) is 0 Å². The zero-order valence-corrected chi connectivity index (χ0v) is 11.5. The molecule has 3 N–H and O–H groups in total. The van der Waals surface area contributed by atoms with Crippen molar-refractivity contribution in [2.75, 3.05) is 16.8 Å². The summed E-state index contributed by atoms with van der Waals surface area (Å²) in [6, 6.07) is 7.66. The van der Waals surface area contributed by atoms with Gasteiger partial charge in [0.25, 0.3) is 0 Å². The van der Waals surface area contributed by atoms with Crippen LogP contribution in [0.5, 0.6) is 0 Å². The second-order valence-electron chi connectivity index (χ2n) is 3.55. The van der Waals surface area contributed by atoms with Gasteiger partial charge in [-0.1, -0.05) is 22.0 Å². The summed E-state index contributed by atoms with van der Waals surface area (Å²) in [5.41, 5.74) is 6.40. The highest BCUT2D eigenvalue weighted by Gasteiger charge is 2.03. The van der Waals surface area contributed by atoms with Gasteiger partial charge in [-0.3, -0.25) is 4.79 Å². The van der Waals surface area contributed by atoms with Crippen molar-refractivity contribution in [2.24, 2.45) is 5.73 Å². The van der Waals surface area contributed by atoms with Gasteiger partial charge in [0.15, 0.2) is 0 Å². The molecule has 88 valence electrons. The molecule has 1 unspecified atom stereocenters. The second-order valence-corrected chi connectivity index (χ2v) is 5.50. The number of nitrogens with two attached hydrogens (primary N) is 1. The summed E-state index contributed by atoms with van der Waals surface area (Å²) in [6.07, 6.45) is 0. The first kappa shape index (κ1) is 13.5. The molecule has 0 saturated heterocycles. The van der Waals surface area contributed by atoms with Crippen molar-refractivity contribution < 1.29 is 4.79 Å². The number of carbonyl (C=O) groups excluding carboxylic acids is 1. The lowest BCUT2D eigenvalue weighted by molar-refractivity contribution is -0.113. The SMILES string of the molecule is CC(N)CSCC(=O)Nc1cccc(Br)c1. The molecule has 0 spiro atoms. The van der Waals surface area contributed by atoms with E-state index in [9.17, 15) is 4.79 Å². The summed E-state index contributed by atoms with van der Waals surface area (Å²) in [5, 5.41) is 2.83. The van der Waals surface area contributed by atoms with E-state index in [4.69, 9.17) is 5.73 Å². The Morgan fingerprint density at radius 3 is 3.00 bits per heavy atom. The first-order valence-corrected chi connectivity index (χ1v) is 6.91. The molecule has 0 bridgehead atoms. The van der Waals surface area contributed by atoms with Gasteiger partial charge < -0.3 is 11.1 Å². The van der Waals surface area contributed by atoms with Gasteiger partial charge in [0, 0.05) is 22.0 Å². The highest BCUT2D eigenvalue weighted by Crippen LogP contribution is 2.15. The molecular weight excluding hydrogens is 288 g/mol. The highest BCUT2D eigenvalue weighted by atomic mass is 79.9. The number of rotatable bonds is 5. The van der Waals surface area contributed by atoms with Crippen molar-refractivity contribution in [3.05, 3.63) is 28.7 Å². The number of thioether (sulfide) groups is 1. The van der Waals surface area contributed by atoms with E-state index >= 15 is 0 Å². The summed E-state index contributed by atoms with van der Waals surface area (Å²) in [6.45, 7) is 1.93. The Morgan fingerprint density at radius 1 is 1.62 bits per heavy atom. The van der Waals surface area contributed by atoms with Crippen LogP contribution in [-0.2, 0) is 4.79 Å². The monoisotopic (exact) mass is 302 g/mol. The molecular formula is C11H15BrN2OS. The lowest BCUT2D eigenvalue weighted by Gasteiger charge is -2.06. The van der Waals surface area contributed by atoms with Crippen LogP contribution in [0, 0.1) is 0 Å². The van der Waals surface area contributed by atoms with E-state index in [1.807, 2.05) is 31.2 Å². The van der Waals surface area contributed by atoms with Crippen LogP contribution in [0.2, 0.25) is 0 Å². The van der Waals surface area contributed by atoms with Gasteiger partial charge in [-0.25, -0.2) is 0 Å². The van der Waals surface area contributed by atoms with Crippen molar-refractivity contribution in [1.82, 2.24) is 0 Å². The smallest absolute Gasteiger partial charge is 0.234 e. The van der Waals surface area contributed by atoms with Crippen LogP contribution in [0.3, 0.4) is 0 Å². The molecule has 0 aromatic heterocycles. The summed E-state index contributed by atoms with van der Waals surface area (Å²) < 4.78 is 0.952. The molecule has 0 radical (unpaired) electrons. The fourth-order valence-electron chi connectivity index (χ4n) is 1.10. The van der Waals surface area contributed by atoms with E-state index in [-0.39, 0.29) is 11.9 Å². The Hall–Kier alpha value is -0.520. The summed E-state index contributed by atoms with van der Waals surface area (Å²) >= 11 is 4.89. The third-order valence-electron chi connectivity index (χ3n) is 1.72. The summed E-state index contributed by atoms with van der Waals surface area (Å²) in [4.78, 5) is 11.5. The summed E-state index contributed by atoms with van der Waals surface area (Å²) in [5.74, 6) is 1.24. The molecule has 0 fully saturated rings. The van der Waals surface area contributed by atoms with Crippen LogP contribution >= 0.6 is 27.7 Å². The van der Waals surface area contributed by atoms with Crippen LogP contribution in [0.4, 0.5) is 5.69 Å². The minimum absolute atomic E-state index is 0.00347. The van der Waals surface area contributed by atoms with Gasteiger partial charge >= 0.3 is 0 Å². The molecule has 0 heterocycles. The minimum atomic E-state index is 0.00347. The number of hydrogen-bond acceptors (Lipinski definition) is 3. The number of hydrogen-bond donors (Lipinski definition) is 2. The number of anilines is 1. The summed E-state index contributed by atoms with van der Waals surface area (Å²) in [7, 11) is 0. The zero-order valence-electron chi connectivity index (χ0n) is 9.07. The van der Waals surface area contributed by atoms with E-state index in [0.29, 0.717) is 5.75 Å². The molecule has 1 aromatic rings. The number of amides is 1. The van der Waals surface area contributed by atoms with Gasteiger partial charge in [0.1, 0.15) is 0 Å². The maximum Gasteiger partial charge on any atom is 0.234 e. The van der Waals surface area contributed by atoms with E-state index in [1.54, 1.807) is 11.8 Å². The molecule has 16 heavy (non-hydrogen) atoms. The van der Waals surface area contributed by atoms with E-state index in [0.717, 1.165) is 15.9 Å². The van der Waals surface area contributed by atoms with Gasteiger partial charge in [-0.15, -0.1) is 0 Å². The average molecular weight is 303 g/mol. The van der Waals surface area contributed by atoms with Crippen LogP contribution < -0.4 is 11.1 Å². The van der Waals surface area contributed by atoms with E-state index in [1.165, 1.54) is 0 Å². The molecule has 5 heteroatoms. The van der Waals surface area contributed by atoms with Crippen molar-refractivity contribution in [2.45, 2.75) is 13.0 Å². The third kappa shape index (κ3) is 5.53. The first-order valence-electron chi connectivity index (χ1n) is 4.96. The van der Waals surface area contributed by atoms with Crippen LogP contribution in [0.15, 0.2) is 28.7 Å². The molecule has 1 rings (SSSR count). The minimum Gasteiger partial charge on any atom is -0.327 e. The van der Waals surface area contributed by atoms with Gasteiger partial charge in [-0.2, -0.15) is 11.8 Å². The standard InChI is InChI=1S/C11H15BrN2OS/c1-8(13)6-16-7-11(15)14-10-4-2-3-9(12)5-10/h2-5,8H,6-7,13H2,1H3,(H,14,15). The number of halogens is 1. The maximum atomic E-state index is 11.5.